The van der Waals surface area contributed by atoms with E-state index in [9.17, 15) is 0 Å². The third-order valence-corrected chi connectivity index (χ3v) is 3.63. The van der Waals surface area contributed by atoms with E-state index in [0.717, 1.165) is 25.0 Å². The maximum atomic E-state index is 4.61. The van der Waals surface area contributed by atoms with E-state index in [1.165, 1.54) is 25.7 Å². The molecule has 6 heteroatoms. The van der Waals surface area contributed by atoms with Gasteiger partial charge in [0.25, 0.3) is 0 Å². The van der Waals surface area contributed by atoms with Gasteiger partial charge in [0, 0.05) is 33.2 Å². The van der Waals surface area contributed by atoms with Gasteiger partial charge in [0.15, 0.2) is 0 Å². The second-order valence-electron chi connectivity index (χ2n) is 5.05. The van der Waals surface area contributed by atoms with Gasteiger partial charge in [-0.25, -0.2) is 0 Å². The van der Waals surface area contributed by atoms with Gasteiger partial charge >= 0.3 is 0 Å². The zero-order valence-electron chi connectivity index (χ0n) is 11.1. The largest absolute Gasteiger partial charge is 0.357 e. The average Bonchev–Trinajstić information content (AvgIpc) is 3.11. The minimum absolute atomic E-state index is 0.614. The second kappa shape index (κ2) is 4.59. The summed E-state index contributed by atoms with van der Waals surface area (Å²) in [5.41, 5.74) is 0. The van der Waals surface area contributed by atoms with Crippen molar-refractivity contribution in [1.82, 2.24) is 15.0 Å². The first-order chi connectivity index (χ1) is 8.78. The lowest BCUT2D eigenvalue weighted by molar-refractivity contribution is 0.823. The van der Waals surface area contributed by atoms with Crippen LogP contribution in [0.15, 0.2) is 0 Å². The molecule has 6 nitrogen and oxygen atoms in total. The van der Waals surface area contributed by atoms with Crippen molar-refractivity contribution in [3.63, 3.8) is 0 Å². The first-order valence-corrected chi connectivity index (χ1v) is 6.69. The van der Waals surface area contributed by atoms with Crippen LogP contribution in [0.3, 0.4) is 0 Å². The fourth-order valence-electron chi connectivity index (χ4n) is 2.31. The molecule has 0 bridgehead atoms. The van der Waals surface area contributed by atoms with E-state index in [-0.39, 0.29) is 0 Å². The highest BCUT2D eigenvalue weighted by Crippen LogP contribution is 2.29. The van der Waals surface area contributed by atoms with Crippen LogP contribution in [-0.2, 0) is 0 Å². The molecule has 0 amide bonds. The molecule has 0 aromatic carbocycles. The molecular formula is C12H20N6. The molecule has 1 saturated carbocycles. The monoisotopic (exact) mass is 248 g/mol. The standard InChI is InChI=1S/C12H20N6/c1-13-10-14-11(17(2)9-5-6-9)16-12(15-10)18-7-3-4-8-18/h9H,3-8H2,1-2H3,(H,13,14,15,16). The van der Waals surface area contributed by atoms with Crippen molar-refractivity contribution in [2.45, 2.75) is 31.7 Å². The third kappa shape index (κ3) is 2.19. The molecule has 1 saturated heterocycles. The topological polar surface area (TPSA) is 57.2 Å². The first-order valence-electron chi connectivity index (χ1n) is 6.69. The van der Waals surface area contributed by atoms with E-state index >= 15 is 0 Å². The van der Waals surface area contributed by atoms with Crippen LogP contribution in [0.25, 0.3) is 0 Å². The summed E-state index contributed by atoms with van der Waals surface area (Å²) in [6.07, 6.45) is 4.95. The summed E-state index contributed by atoms with van der Waals surface area (Å²) in [6.45, 7) is 2.11. The van der Waals surface area contributed by atoms with E-state index in [1.807, 2.05) is 7.05 Å². The number of aromatic nitrogens is 3. The van der Waals surface area contributed by atoms with Crippen molar-refractivity contribution < 1.29 is 0 Å². The molecule has 1 aliphatic heterocycles. The van der Waals surface area contributed by atoms with Crippen LogP contribution in [0.5, 0.6) is 0 Å². The van der Waals surface area contributed by atoms with Crippen molar-refractivity contribution in [2.24, 2.45) is 0 Å². The van der Waals surface area contributed by atoms with Crippen molar-refractivity contribution in [3.8, 4) is 0 Å². The summed E-state index contributed by atoms with van der Waals surface area (Å²) >= 11 is 0. The predicted molar refractivity (Wildman–Crippen MR) is 72.2 cm³/mol. The Hall–Kier alpha value is -1.59. The lowest BCUT2D eigenvalue weighted by Gasteiger charge is -2.20. The minimum Gasteiger partial charge on any atom is -0.357 e. The molecule has 0 radical (unpaired) electrons. The van der Waals surface area contributed by atoms with Crippen LogP contribution < -0.4 is 15.1 Å². The van der Waals surface area contributed by atoms with Gasteiger partial charge in [-0.15, -0.1) is 0 Å². The van der Waals surface area contributed by atoms with Gasteiger partial charge in [0.2, 0.25) is 17.8 Å². The lowest BCUT2D eigenvalue weighted by atomic mass is 10.4. The second-order valence-corrected chi connectivity index (χ2v) is 5.05. The Kier molecular flexibility index (Phi) is 2.93. The molecule has 1 aromatic heterocycles. The number of anilines is 3. The van der Waals surface area contributed by atoms with Crippen LogP contribution in [-0.4, -0.2) is 48.2 Å². The zero-order valence-corrected chi connectivity index (χ0v) is 11.1. The molecule has 0 spiro atoms. The zero-order chi connectivity index (χ0) is 12.5. The van der Waals surface area contributed by atoms with E-state index < -0.39 is 0 Å². The average molecular weight is 248 g/mol. The van der Waals surface area contributed by atoms with E-state index in [2.05, 4.69) is 37.1 Å². The first kappa shape index (κ1) is 11.5. The molecule has 98 valence electrons. The molecule has 3 rings (SSSR count). The summed E-state index contributed by atoms with van der Waals surface area (Å²) in [6, 6.07) is 0.614. The van der Waals surface area contributed by atoms with Crippen LogP contribution in [0.2, 0.25) is 0 Å². The highest BCUT2D eigenvalue weighted by atomic mass is 15.4. The fraction of sp³-hybridized carbons (Fsp3) is 0.750. The number of nitrogens with zero attached hydrogens (tertiary/aromatic N) is 5. The van der Waals surface area contributed by atoms with Crippen molar-refractivity contribution >= 4 is 17.8 Å². The number of rotatable bonds is 4. The summed E-state index contributed by atoms with van der Waals surface area (Å²) in [7, 11) is 3.92. The smallest absolute Gasteiger partial charge is 0.231 e. The van der Waals surface area contributed by atoms with Gasteiger partial charge < -0.3 is 15.1 Å². The number of hydrogen-bond acceptors (Lipinski definition) is 6. The Morgan fingerprint density at radius 1 is 1.17 bits per heavy atom. The van der Waals surface area contributed by atoms with Gasteiger partial charge in [0.05, 0.1) is 0 Å². The summed E-state index contributed by atoms with van der Waals surface area (Å²) < 4.78 is 0. The molecule has 1 N–H and O–H groups in total. The highest BCUT2D eigenvalue weighted by molar-refractivity contribution is 5.46. The maximum Gasteiger partial charge on any atom is 0.231 e. The van der Waals surface area contributed by atoms with Gasteiger partial charge in [-0.1, -0.05) is 0 Å². The summed E-state index contributed by atoms with van der Waals surface area (Å²) in [5.74, 6) is 2.27. The normalized spacial score (nSPS) is 19.1. The lowest BCUT2D eigenvalue weighted by Crippen LogP contribution is -2.26. The van der Waals surface area contributed by atoms with Crippen molar-refractivity contribution in [2.75, 3.05) is 42.3 Å². The molecule has 0 atom stereocenters. The van der Waals surface area contributed by atoms with Crippen LogP contribution in [0.4, 0.5) is 17.8 Å². The number of nitrogens with one attached hydrogen (secondary N) is 1. The SMILES string of the molecule is CNc1nc(N2CCCC2)nc(N(C)C2CC2)n1. The number of hydrogen-bond donors (Lipinski definition) is 1. The van der Waals surface area contributed by atoms with Crippen molar-refractivity contribution in [1.29, 1.82) is 0 Å². The van der Waals surface area contributed by atoms with Crippen LogP contribution >= 0.6 is 0 Å². The molecule has 2 aliphatic rings. The quantitative estimate of drug-likeness (QED) is 0.861. The molecule has 1 aromatic rings. The summed E-state index contributed by atoms with van der Waals surface area (Å²) in [5, 5.41) is 3.03. The van der Waals surface area contributed by atoms with Gasteiger partial charge in [-0.05, 0) is 25.7 Å². The van der Waals surface area contributed by atoms with E-state index in [4.69, 9.17) is 0 Å². The van der Waals surface area contributed by atoms with Gasteiger partial charge in [-0.3, -0.25) is 0 Å². The molecule has 18 heavy (non-hydrogen) atoms. The Morgan fingerprint density at radius 2 is 1.89 bits per heavy atom. The summed E-state index contributed by atoms with van der Waals surface area (Å²) in [4.78, 5) is 17.9. The highest BCUT2D eigenvalue weighted by Gasteiger charge is 2.29. The predicted octanol–water partition coefficient (Wildman–Crippen LogP) is 1.11. The van der Waals surface area contributed by atoms with Crippen molar-refractivity contribution in [3.05, 3.63) is 0 Å². The van der Waals surface area contributed by atoms with Gasteiger partial charge in [-0.2, -0.15) is 15.0 Å². The Balaban J connectivity index is 1.90. The third-order valence-electron chi connectivity index (χ3n) is 3.63. The van der Waals surface area contributed by atoms with E-state index in [0.29, 0.717) is 12.0 Å². The molecule has 1 aliphatic carbocycles. The van der Waals surface area contributed by atoms with Crippen LogP contribution in [0, 0.1) is 0 Å². The fourth-order valence-corrected chi connectivity index (χ4v) is 2.31. The Morgan fingerprint density at radius 3 is 2.50 bits per heavy atom. The maximum absolute atomic E-state index is 4.61. The molecular weight excluding hydrogens is 228 g/mol. The molecule has 2 fully saturated rings. The van der Waals surface area contributed by atoms with Crippen LogP contribution in [0.1, 0.15) is 25.7 Å². The molecule has 0 unspecified atom stereocenters. The Labute approximate surface area is 107 Å². The minimum atomic E-state index is 0.614. The van der Waals surface area contributed by atoms with E-state index in [1.54, 1.807) is 0 Å². The Bertz CT molecular complexity index is 404. The molecule has 2 heterocycles. The van der Waals surface area contributed by atoms with Gasteiger partial charge in [0.1, 0.15) is 0 Å².